The summed E-state index contributed by atoms with van der Waals surface area (Å²) in [6.07, 6.45) is 0. The average Bonchev–Trinajstić information content (AvgIpc) is 3.33. The first-order valence-electron chi connectivity index (χ1n) is 10.6. The highest BCUT2D eigenvalue weighted by molar-refractivity contribution is 8.00. The molecule has 1 aliphatic heterocycles. The Morgan fingerprint density at radius 1 is 1.00 bits per heavy atom. The minimum Gasteiger partial charge on any atom is -0.325 e. The Hall–Kier alpha value is -3.17. The number of hydrogen-bond acceptors (Lipinski definition) is 5. The van der Waals surface area contributed by atoms with Crippen molar-refractivity contribution in [3.05, 3.63) is 100 Å². The van der Waals surface area contributed by atoms with Gasteiger partial charge in [-0.25, -0.2) is 13.8 Å². The molecular weight excluding hydrogens is 476 g/mol. The largest absolute Gasteiger partial charge is 0.325 e. The van der Waals surface area contributed by atoms with Gasteiger partial charge < -0.3 is 4.90 Å². The van der Waals surface area contributed by atoms with Crippen molar-refractivity contribution in [2.75, 3.05) is 18.1 Å². The van der Waals surface area contributed by atoms with E-state index in [0.29, 0.717) is 28.8 Å². The molecule has 1 aromatic heterocycles. The van der Waals surface area contributed by atoms with Crippen molar-refractivity contribution in [2.24, 2.45) is 0 Å². The van der Waals surface area contributed by atoms with E-state index in [1.165, 1.54) is 34.5 Å². The Bertz CT molecular complexity index is 1440. The zero-order chi connectivity index (χ0) is 23.7. The Morgan fingerprint density at radius 2 is 1.71 bits per heavy atom. The number of nitrogens with zero attached hydrogens (tertiary/aromatic N) is 3. The van der Waals surface area contributed by atoms with Gasteiger partial charge in [-0.1, -0.05) is 54.2 Å². The fourth-order valence-corrected chi connectivity index (χ4v) is 6.11. The topological polar surface area (TPSA) is 55.2 Å². The number of carbonyl (C=O) groups is 1. The molecule has 0 spiro atoms. The predicted molar refractivity (Wildman–Crippen MR) is 131 cm³/mol. The van der Waals surface area contributed by atoms with Gasteiger partial charge in [-0.05, 0) is 30.3 Å². The highest BCUT2D eigenvalue weighted by atomic mass is 32.2. The van der Waals surface area contributed by atoms with Crippen LogP contribution in [0, 0.1) is 11.6 Å². The van der Waals surface area contributed by atoms with Gasteiger partial charge in [0.05, 0.1) is 22.3 Å². The van der Waals surface area contributed by atoms with Gasteiger partial charge in [0, 0.05) is 17.9 Å². The van der Waals surface area contributed by atoms with Crippen LogP contribution in [0.3, 0.4) is 0 Å². The SMILES string of the molecule is O=C(CSc1nc2ccccc2c(=O)n1-c1ccccc1F)N1CCS[C@@H]1c1ccccc1F. The monoisotopic (exact) mass is 495 g/mol. The molecule has 3 aromatic carbocycles. The normalized spacial score (nSPS) is 15.7. The second-order valence-corrected chi connectivity index (χ2v) is 9.75. The van der Waals surface area contributed by atoms with Crippen molar-refractivity contribution in [2.45, 2.75) is 10.5 Å². The summed E-state index contributed by atoms with van der Waals surface area (Å²) in [5.74, 6) is -0.443. The van der Waals surface area contributed by atoms with Crippen LogP contribution < -0.4 is 5.56 Å². The lowest BCUT2D eigenvalue weighted by Crippen LogP contribution is -2.32. The minimum atomic E-state index is -0.564. The van der Waals surface area contributed by atoms with Gasteiger partial charge in [0.25, 0.3) is 5.56 Å². The van der Waals surface area contributed by atoms with Crippen LogP contribution in [-0.4, -0.2) is 38.4 Å². The smallest absolute Gasteiger partial charge is 0.266 e. The van der Waals surface area contributed by atoms with Crippen molar-refractivity contribution in [3.63, 3.8) is 0 Å². The third-order valence-electron chi connectivity index (χ3n) is 5.55. The number of benzene rings is 3. The van der Waals surface area contributed by atoms with Crippen LogP contribution >= 0.6 is 23.5 Å². The predicted octanol–water partition coefficient (Wildman–Crippen LogP) is 5.03. The molecule has 0 N–H and O–H groups in total. The maximum absolute atomic E-state index is 14.6. The number of para-hydroxylation sites is 2. The van der Waals surface area contributed by atoms with E-state index in [1.807, 2.05) is 0 Å². The molecule has 5 nitrogen and oxygen atoms in total. The molecule has 0 bridgehead atoms. The van der Waals surface area contributed by atoms with E-state index in [1.54, 1.807) is 59.5 Å². The lowest BCUT2D eigenvalue weighted by molar-refractivity contribution is -0.128. The number of fused-ring (bicyclic) bond motifs is 1. The molecule has 2 heterocycles. The van der Waals surface area contributed by atoms with Crippen LogP contribution in [0.2, 0.25) is 0 Å². The number of halogens is 2. The average molecular weight is 496 g/mol. The van der Waals surface area contributed by atoms with E-state index in [-0.39, 0.29) is 28.3 Å². The molecule has 1 aliphatic rings. The lowest BCUT2D eigenvalue weighted by atomic mass is 10.2. The van der Waals surface area contributed by atoms with Crippen LogP contribution in [0.25, 0.3) is 16.6 Å². The number of hydrogen-bond donors (Lipinski definition) is 0. The van der Waals surface area contributed by atoms with Gasteiger partial charge in [-0.15, -0.1) is 11.8 Å². The van der Waals surface area contributed by atoms with Crippen molar-refractivity contribution >= 4 is 40.3 Å². The second-order valence-electron chi connectivity index (χ2n) is 7.62. The van der Waals surface area contributed by atoms with E-state index >= 15 is 0 Å². The number of carbonyl (C=O) groups excluding carboxylic acids is 1. The molecular formula is C25H19F2N3O2S2. The standard InChI is InChI=1S/C25H19F2N3O2S2/c26-18-9-3-1-7-16(18)24-29(13-14-33-24)22(31)15-34-25-28-20-11-5-2-8-17(20)23(32)30(25)21-12-6-4-10-19(21)27/h1-12,24H,13-15H2/t24-/m1/s1. The van der Waals surface area contributed by atoms with Crippen molar-refractivity contribution in [1.82, 2.24) is 14.5 Å². The van der Waals surface area contributed by atoms with E-state index in [9.17, 15) is 18.4 Å². The summed E-state index contributed by atoms with van der Waals surface area (Å²) in [5, 5.41) is 0.168. The Kier molecular flexibility index (Phi) is 6.38. The molecule has 4 aromatic rings. The molecule has 1 saturated heterocycles. The van der Waals surface area contributed by atoms with E-state index < -0.39 is 16.8 Å². The molecule has 9 heteroatoms. The van der Waals surface area contributed by atoms with Crippen molar-refractivity contribution in [1.29, 1.82) is 0 Å². The number of amides is 1. The molecule has 34 heavy (non-hydrogen) atoms. The first-order valence-corrected chi connectivity index (χ1v) is 12.6. The molecule has 0 unspecified atom stereocenters. The molecule has 1 fully saturated rings. The molecule has 0 aliphatic carbocycles. The Morgan fingerprint density at radius 3 is 2.50 bits per heavy atom. The van der Waals surface area contributed by atoms with Crippen molar-refractivity contribution in [3.8, 4) is 5.69 Å². The molecule has 0 saturated carbocycles. The van der Waals surface area contributed by atoms with E-state index in [0.717, 1.165) is 11.8 Å². The van der Waals surface area contributed by atoms with Crippen molar-refractivity contribution < 1.29 is 13.6 Å². The highest BCUT2D eigenvalue weighted by Gasteiger charge is 2.32. The van der Waals surface area contributed by atoms with Gasteiger partial charge >= 0.3 is 0 Å². The van der Waals surface area contributed by atoms with Gasteiger partial charge in [0.2, 0.25) is 5.91 Å². The zero-order valence-electron chi connectivity index (χ0n) is 17.9. The summed E-state index contributed by atoms with van der Waals surface area (Å²) in [6.45, 7) is 0.494. The second kappa shape index (κ2) is 9.60. The first-order chi connectivity index (χ1) is 16.5. The Balaban J connectivity index is 1.48. The van der Waals surface area contributed by atoms with Crippen LogP contribution in [0.15, 0.2) is 82.7 Å². The van der Waals surface area contributed by atoms with Crippen LogP contribution in [0.1, 0.15) is 10.9 Å². The number of thioether (sulfide) groups is 2. The molecule has 0 radical (unpaired) electrons. The fraction of sp³-hybridized carbons (Fsp3) is 0.160. The summed E-state index contributed by atoms with van der Waals surface area (Å²) in [6, 6.07) is 19.2. The molecule has 1 amide bonds. The fourth-order valence-electron chi connectivity index (χ4n) is 3.92. The number of aromatic nitrogens is 2. The summed E-state index contributed by atoms with van der Waals surface area (Å²) >= 11 is 2.58. The first kappa shape index (κ1) is 22.6. The van der Waals surface area contributed by atoms with E-state index in [2.05, 4.69) is 4.98 Å². The van der Waals surface area contributed by atoms with Gasteiger partial charge in [-0.3, -0.25) is 14.2 Å². The lowest BCUT2D eigenvalue weighted by Gasteiger charge is -2.24. The summed E-state index contributed by atoms with van der Waals surface area (Å²) in [7, 11) is 0. The number of rotatable bonds is 5. The minimum absolute atomic E-state index is 0.0231. The maximum atomic E-state index is 14.6. The summed E-state index contributed by atoms with van der Waals surface area (Å²) < 4.78 is 30.2. The summed E-state index contributed by atoms with van der Waals surface area (Å²) in [5.41, 5.74) is 0.597. The van der Waals surface area contributed by atoms with Gasteiger partial charge in [0.1, 0.15) is 17.0 Å². The Labute approximate surface area is 202 Å². The van der Waals surface area contributed by atoms with Gasteiger partial charge in [-0.2, -0.15) is 0 Å². The third-order valence-corrected chi connectivity index (χ3v) is 7.71. The molecule has 5 rings (SSSR count). The van der Waals surface area contributed by atoms with Crippen LogP contribution in [-0.2, 0) is 4.79 Å². The maximum Gasteiger partial charge on any atom is 0.266 e. The zero-order valence-corrected chi connectivity index (χ0v) is 19.5. The van der Waals surface area contributed by atoms with E-state index in [4.69, 9.17) is 0 Å². The van der Waals surface area contributed by atoms with Crippen LogP contribution in [0.4, 0.5) is 8.78 Å². The van der Waals surface area contributed by atoms with Gasteiger partial charge in [0.15, 0.2) is 5.16 Å². The molecule has 172 valence electrons. The molecule has 1 atom stereocenters. The third kappa shape index (κ3) is 4.21. The summed E-state index contributed by atoms with van der Waals surface area (Å²) in [4.78, 5) is 32.6. The highest BCUT2D eigenvalue weighted by Crippen LogP contribution is 2.39. The van der Waals surface area contributed by atoms with Crippen LogP contribution in [0.5, 0.6) is 0 Å². The quantitative estimate of drug-likeness (QED) is 0.287.